The van der Waals surface area contributed by atoms with Gasteiger partial charge in [0.25, 0.3) is 5.91 Å². The van der Waals surface area contributed by atoms with E-state index >= 15 is 0 Å². The average molecular weight is 241 g/mol. The number of amides is 1. The predicted octanol–water partition coefficient (Wildman–Crippen LogP) is 1.56. The second-order valence-corrected chi connectivity index (χ2v) is 4.14. The van der Waals surface area contributed by atoms with E-state index in [4.69, 9.17) is 5.11 Å². The third-order valence-corrected chi connectivity index (χ3v) is 2.96. The minimum Gasteiger partial charge on any atom is -0.394 e. The molecule has 1 heterocycles. The summed E-state index contributed by atoms with van der Waals surface area (Å²) >= 11 is 0. The molecule has 0 bridgehead atoms. The second kappa shape index (κ2) is 4.79. The minimum absolute atomic E-state index is 0.0112. The maximum Gasteiger partial charge on any atom is 0.254 e. The van der Waals surface area contributed by atoms with Gasteiger partial charge in [0.05, 0.1) is 12.6 Å². The molecule has 0 spiro atoms. The molecular formula is C12H13F2NO2. The van der Waals surface area contributed by atoms with Gasteiger partial charge in [0, 0.05) is 18.2 Å². The molecule has 1 aliphatic rings. The summed E-state index contributed by atoms with van der Waals surface area (Å²) in [4.78, 5) is 13.5. The maximum atomic E-state index is 13.0. The van der Waals surface area contributed by atoms with Gasteiger partial charge < -0.3 is 10.0 Å². The Morgan fingerprint density at radius 3 is 2.59 bits per heavy atom. The third kappa shape index (κ3) is 2.44. The van der Waals surface area contributed by atoms with Gasteiger partial charge in [-0.2, -0.15) is 0 Å². The van der Waals surface area contributed by atoms with E-state index in [9.17, 15) is 13.6 Å². The predicted molar refractivity (Wildman–Crippen MR) is 57.5 cm³/mol. The lowest BCUT2D eigenvalue weighted by Gasteiger charge is -2.23. The number of aliphatic hydroxyl groups excluding tert-OH is 1. The Bertz CT molecular complexity index is 416. The third-order valence-electron chi connectivity index (χ3n) is 2.96. The summed E-state index contributed by atoms with van der Waals surface area (Å²) in [7, 11) is 0. The SMILES string of the molecule is O=C(c1cc(F)cc(F)c1)N1CCC[C@H]1CO. The summed E-state index contributed by atoms with van der Waals surface area (Å²) < 4.78 is 26.0. The first kappa shape index (κ1) is 12.0. The standard InChI is InChI=1S/C12H13F2NO2/c13-9-4-8(5-10(14)6-9)12(17)15-3-1-2-11(15)7-16/h4-6,11,16H,1-3,7H2/t11-/m0/s1. The molecular weight excluding hydrogens is 228 g/mol. The van der Waals surface area contributed by atoms with Gasteiger partial charge in [0.2, 0.25) is 0 Å². The van der Waals surface area contributed by atoms with Gasteiger partial charge in [-0.3, -0.25) is 4.79 Å². The molecule has 1 N–H and O–H groups in total. The van der Waals surface area contributed by atoms with Gasteiger partial charge in [-0.15, -0.1) is 0 Å². The van der Waals surface area contributed by atoms with E-state index in [2.05, 4.69) is 0 Å². The fourth-order valence-electron chi connectivity index (χ4n) is 2.14. The first-order valence-corrected chi connectivity index (χ1v) is 5.49. The van der Waals surface area contributed by atoms with Gasteiger partial charge in [-0.1, -0.05) is 0 Å². The molecule has 0 unspecified atom stereocenters. The summed E-state index contributed by atoms with van der Waals surface area (Å²) in [5, 5.41) is 9.10. The van der Waals surface area contributed by atoms with Gasteiger partial charge in [-0.25, -0.2) is 8.78 Å². The van der Waals surface area contributed by atoms with Crippen molar-refractivity contribution in [1.82, 2.24) is 4.90 Å². The number of aliphatic hydroxyl groups is 1. The highest BCUT2D eigenvalue weighted by Gasteiger charge is 2.29. The highest BCUT2D eigenvalue weighted by Crippen LogP contribution is 2.20. The van der Waals surface area contributed by atoms with Crippen LogP contribution in [-0.2, 0) is 0 Å². The smallest absolute Gasteiger partial charge is 0.254 e. The van der Waals surface area contributed by atoms with Crippen LogP contribution in [0.25, 0.3) is 0 Å². The zero-order valence-corrected chi connectivity index (χ0v) is 9.20. The lowest BCUT2D eigenvalue weighted by molar-refractivity contribution is 0.0676. The monoisotopic (exact) mass is 241 g/mol. The molecule has 0 radical (unpaired) electrons. The molecule has 0 aromatic heterocycles. The molecule has 5 heteroatoms. The topological polar surface area (TPSA) is 40.5 Å². The van der Waals surface area contributed by atoms with Crippen molar-refractivity contribution in [3.8, 4) is 0 Å². The Labute approximate surface area is 97.7 Å². The van der Waals surface area contributed by atoms with Crippen LogP contribution >= 0.6 is 0 Å². The number of likely N-dealkylation sites (tertiary alicyclic amines) is 1. The molecule has 1 aliphatic heterocycles. The number of carbonyl (C=O) groups is 1. The van der Waals surface area contributed by atoms with Crippen LogP contribution in [-0.4, -0.2) is 35.1 Å². The van der Waals surface area contributed by atoms with E-state index in [0.717, 1.165) is 31.0 Å². The van der Waals surface area contributed by atoms with Crippen molar-refractivity contribution in [1.29, 1.82) is 0 Å². The molecule has 1 fully saturated rings. The molecule has 1 saturated heterocycles. The molecule has 1 atom stereocenters. The van der Waals surface area contributed by atoms with Crippen LogP contribution in [0.3, 0.4) is 0 Å². The zero-order valence-electron chi connectivity index (χ0n) is 9.20. The largest absolute Gasteiger partial charge is 0.394 e. The number of halogens is 2. The summed E-state index contributed by atoms with van der Waals surface area (Å²) in [6, 6.07) is 2.51. The summed E-state index contributed by atoms with van der Waals surface area (Å²) in [5.74, 6) is -1.97. The lowest BCUT2D eigenvalue weighted by atomic mass is 10.1. The van der Waals surface area contributed by atoms with E-state index in [-0.39, 0.29) is 18.2 Å². The number of nitrogens with zero attached hydrogens (tertiary/aromatic N) is 1. The van der Waals surface area contributed by atoms with Crippen molar-refractivity contribution >= 4 is 5.91 Å². The van der Waals surface area contributed by atoms with Crippen LogP contribution in [0, 0.1) is 11.6 Å². The number of hydrogen-bond acceptors (Lipinski definition) is 2. The molecule has 0 aliphatic carbocycles. The van der Waals surface area contributed by atoms with Crippen LogP contribution in [0.2, 0.25) is 0 Å². The van der Waals surface area contributed by atoms with Gasteiger partial charge in [0.1, 0.15) is 11.6 Å². The molecule has 92 valence electrons. The van der Waals surface area contributed by atoms with E-state index in [1.165, 1.54) is 4.90 Å². The van der Waals surface area contributed by atoms with Crippen molar-refractivity contribution in [2.45, 2.75) is 18.9 Å². The number of benzene rings is 1. The fourth-order valence-corrected chi connectivity index (χ4v) is 2.14. The lowest BCUT2D eigenvalue weighted by Crippen LogP contribution is -2.37. The summed E-state index contributed by atoms with van der Waals surface area (Å²) in [5.41, 5.74) is -0.0112. The molecule has 17 heavy (non-hydrogen) atoms. The van der Waals surface area contributed by atoms with Gasteiger partial charge in [-0.05, 0) is 25.0 Å². The molecule has 3 nitrogen and oxygen atoms in total. The molecule has 2 rings (SSSR count). The number of carbonyl (C=O) groups excluding carboxylic acids is 1. The second-order valence-electron chi connectivity index (χ2n) is 4.14. The van der Waals surface area contributed by atoms with Crippen molar-refractivity contribution < 1.29 is 18.7 Å². The molecule has 1 aromatic rings. The van der Waals surface area contributed by atoms with E-state index in [0.29, 0.717) is 6.54 Å². The van der Waals surface area contributed by atoms with Crippen LogP contribution in [0.1, 0.15) is 23.2 Å². The first-order chi connectivity index (χ1) is 8.11. The number of rotatable bonds is 2. The minimum atomic E-state index is -0.770. The van der Waals surface area contributed by atoms with Crippen LogP contribution in [0.4, 0.5) is 8.78 Å². The van der Waals surface area contributed by atoms with E-state index in [1.807, 2.05) is 0 Å². The normalized spacial score (nSPS) is 19.7. The van der Waals surface area contributed by atoms with Crippen molar-refractivity contribution in [2.24, 2.45) is 0 Å². The van der Waals surface area contributed by atoms with Crippen molar-refractivity contribution in [2.75, 3.05) is 13.2 Å². The molecule has 0 saturated carbocycles. The Hall–Kier alpha value is -1.49. The van der Waals surface area contributed by atoms with Crippen LogP contribution in [0.15, 0.2) is 18.2 Å². The Morgan fingerprint density at radius 2 is 2.00 bits per heavy atom. The highest BCUT2D eigenvalue weighted by molar-refractivity contribution is 5.94. The first-order valence-electron chi connectivity index (χ1n) is 5.49. The highest BCUT2D eigenvalue weighted by atomic mass is 19.1. The Kier molecular flexibility index (Phi) is 3.38. The van der Waals surface area contributed by atoms with Crippen molar-refractivity contribution in [3.05, 3.63) is 35.4 Å². The van der Waals surface area contributed by atoms with E-state index in [1.54, 1.807) is 0 Å². The van der Waals surface area contributed by atoms with Gasteiger partial charge >= 0.3 is 0 Å². The molecule has 1 amide bonds. The zero-order chi connectivity index (χ0) is 12.4. The average Bonchev–Trinajstić information content (AvgIpc) is 2.74. The number of hydrogen-bond donors (Lipinski definition) is 1. The van der Waals surface area contributed by atoms with Crippen molar-refractivity contribution in [3.63, 3.8) is 0 Å². The summed E-state index contributed by atoms with van der Waals surface area (Å²) in [6.45, 7) is 0.395. The maximum absolute atomic E-state index is 13.0. The quantitative estimate of drug-likeness (QED) is 0.853. The van der Waals surface area contributed by atoms with Gasteiger partial charge in [0.15, 0.2) is 0 Å². The van der Waals surface area contributed by atoms with E-state index < -0.39 is 17.5 Å². The molecule has 1 aromatic carbocycles. The van der Waals surface area contributed by atoms with Crippen LogP contribution < -0.4 is 0 Å². The Balaban J connectivity index is 2.24. The fraction of sp³-hybridized carbons (Fsp3) is 0.417. The summed E-state index contributed by atoms with van der Waals surface area (Å²) in [6.07, 6.45) is 1.52. The Morgan fingerprint density at radius 1 is 1.35 bits per heavy atom. The van der Waals surface area contributed by atoms with Crippen LogP contribution in [0.5, 0.6) is 0 Å².